The molecule has 0 bridgehead atoms. The minimum Gasteiger partial charge on any atom is -0.339 e. The number of nitrogens with zero attached hydrogens (tertiary/aromatic N) is 2. The average molecular weight is 273 g/mol. The molecule has 0 radical (unpaired) electrons. The van der Waals surface area contributed by atoms with Crippen LogP contribution in [0.25, 0.3) is 0 Å². The Kier molecular flexibility index (Phi) is 5.72. The average Bonchev–Trinajstić information content (AvgIpc) is 2.41. The van der Waals surface area contributed by atoms with Gasteiger partial charge in [-0.2, -0.15) is 5.26 Å². The molecule has 0 unspecified atom stereocenters. The van der Waals surface area contributed by atoms with E-state index in [0.717, 1.165) is 5.56 Å². The fraction of sp³-hybridized carbons (Fsp3) is 0.500. The second-order valence-corrected chi connectivity index (χ2v) is 5.67. The SMILES string of the molecule is CCN(Cc1ccccc1C#N)C(=O)CCC(C)(C)N. The van der Waals surface area contributed by atoms with Gasteiger partial charge in [0.2, 0.25) is 5.91 Å². The second-order valence-electron chi connectivity index (χ2n) is 5.67. The van der Waals surface area contributed by atoms with Crippen LogP contribution in [0.15, 0.2) is 24.3 Å². The van der Waals surface area contributed by atoms with Crippen molar-refractivity contribution in [2.45, 2.75) is 45.7 Å². The summed E-state index contributed by atoms with van der Waals surface area (Å²) < 4.78 is 0. The van der Waals surface area contributed by atoms with Crippen molar-refractivity contribution >= 4 is 5.91 Å². The van der Waals surface area contributed by atoms with Crippen molar-refractivity contribution < 1.29 is 4.79 Å². The zero-order valence-corrected chi connectivity index (χ0v) is 12.5. The Labute approximate surface area is 121 Å². The van der Waals surface area contributed by atoms with E-state index in [2.05, 4.69) is 6.07 Å². The molecule has 0 fully saturated rings. The van der Waals surface area contributed by atoms with Crippen molar-refractivity contribution in [2.75, 3.05) is 6.54 Å². The van der Waals surface area contributed by atoms with Crippen LogP contribution in [0, 0.1) is 11.3 Å². The molecule has 1 aromatic rings. The van der Waals surface area contributed by atoms with E-state index in [-0.39, 0.29) is 11.4 Å². The summed E-state index contributed by atoms with van der Waals surface area (Å²) in [5.41, 5.74) is 7.09. The lowest BCUT2D eigenvalue weighted by atomic mass is 9.99. The summed E-state index contributed by atoms with van der Waals surface area (Å²) in [6.07, 6.45) is 1.09. The highest BCUT2D eigenvalue weighted by molar-refractivity contribution is 5.76. The molecule has 0 atom stereocenters. The van der Waals surface area contributed by atoms with Gasteiger partial charge in [0.25, 0.3) is 0 Å². The maximum atomic E-state index is 12.2. The first-order valence-corrected chi connectivity index (χ1v) is 6.92. The summed E-state index contributed by atoms with van der Waals surface area (Å²) in [6, 6.07) is 9.54. The van der Waals surface area contributed by atoms with Gasteiger partial charge in [-0.15, -0.1) is 0 Å². The van der Waals surface area contributed by atoms with Crippen LogP contribution >= 0.6 is 0 Å². The Balaban J connectivity index is 2.72. The standard InChI is InChI=1S/C16H23N3O/c1-4-19(15(20)9-10-16(2,3)18)12-14-8-6-5-7-13(14)11-17/h5-8H,4,9-10,12,18H2,1-3H3. The zero-order valence-electron chi connectivity index (χ0n) is 12.5. The van der Waals surface area contributed by atoms with Crippen molar-refractivity contribution in [2.24, 2.45) is 5.73 Å². The molecule has 4 heteroatoms. The predicted octanol–water partition coefficient (Wildman–Crippen LogP) is 2.42. The molecule has 1 rings (SSSR count). The normalized spacial score (nSPS) is 10.9. The highest BCUT2D eigenvalue weighted by atomic mass is 16.2. The molecule has 108 valence electrons. The Bertz CT molecular complexity index is 497. The van der Waals surface area contributed by atoms with Crippen LogP contribution in [-0.2, 0) is 11.3 Å². The monoisotopic (exact) mass is 273 g/mol. The van der Waals surface area contributed by atoms with Gasteiger partial charge in [-0.3, -0.25) is 4.79 Å². The van der Waals surface area contributed by atoms with Crippen LogP contribution < -0.4 is 5.73 Å². The maximum Gasteiger partial charge on any atom is 0.222 e. The number of benzene rings is 1. The van der Waals surface area contributed by atoms with E-state index in [1.807, 2.05) is 39.0 Å². The van der Waals surface area contributed by atoms with Crippen LogP contribution in [-0.4, -0.2) is 22.9 Å². The molecule has 0 aliphatic carbocycles. The van der Waals surface area contributed by atoms with Crippen LogP contribution in [0.1, 0.15) is 44.7 Å². The minimum absolute atomic E-state index is 0.0822. The van der Waals surface area contributed by atoms with Crippen LogP contribution in [0.4, 0.5) is 0 Å². The first-order chi connectivity index (χ1) is 9.37. The molecule has 0 heterocycles. The van der Waals surface area contributed by atoms with Crippen molar-refractivity contribution in [1.82, 2.24) is 4.90 Å². The predicted molar refractivity (Wildman–Crippen MR) is 79.7 cm³/mol. The van der Waals surface area contributed by atoms with Gasteiger partial charge in [0.1, 0.15) is 0 Å². The topological polar surface area (TPSA) is 70.1 Å². The van der Waals surface area contributed by atoms with Gasteiger partial charge in [0, 0.05) is 25.0 Å². The number of rotatable bonds is 6. The molecular formula is C16H23N3O. The van der Waals surface area contributed by atoms with Gasteiger partial charge in [-0.05, 0) is 38.8 Å². The summed E-state index contributed by atoms with van der Waals surface area (Å²) in [6.45, 7) is 6.89. The molecule has 4 nitrogen and oxygen atoms in total. The number of hydrogen-bond acceptors (Lipinski definition) is 3. The fourth-order valence-corrected chi connectivity index (χ4v) is 1.94. The van der Waals surface area contributed by atoms with Crippen molar-refractivity contribution in [1.29, 1.82) is 5.26 Å². The van der Waals surface area contributed by atoms with Crippen molar-refractivity contribution in [3.05, 3.63) is 35.4 Å². The molecule has 0 spiro atoms. The molecule has 1 amide bonds. The summed E-state index contributed by atoms with van der Waals surface area (Å²) in [5, 5.41) is 9.08. The third kappa shape index (κ3) is 5.02. The molecule has 2 N–H and O–H groups in total. The van der Waals surface area contributed by atoms with Gasteiger partial charge in [-0.25, -0.2) is 0 Å². The lowest BCUT2D eigenvalue weighted by Crippen LogP contribution is -2.36. The number of nitriles is 1. The highest BCUT2D eigenvalue weighted by Crippen LogP contribution is 2.14. The molecule has 0 saturated carbocycles. The van der Waals surface area contributed by atoms with E-state index >= 15 is 0 Å². The smallest absolute Gasteiger partial charge is 0.222 e. The summed E-state index contributed by atoms with van der Waals surface area (Å²) >= 11 is 0. The lowest BCUT2D eigenvalue weighted by Gasteiger charge is -2.24. The van der Waals surface area contributed by atoms with E-state index in [4.69, 9.17) is 11.0 Å². The number of hydrogen-bond donors (Lipinski definition) is 1. The highest BCUT2D eigenvalue weighted by Gasteiger charge is 2.18. The van der Waals surface area contributed by atoms with Gasteiger partial charge < -0.3 is 10.6 Å². The van der Waals surface area contributed by atoms with Gasteiger partial charge >= 0.3 is 0 Å². The molecule has 0 saturated heterocycles. The quantitative estimate of drug-likeness (QED) is 0.865. The Morgan fingerprint density at radius 3 is 2.60 bits per heavy atom. The molecule has 0 aliphatic heterocycles. The second kappa shape index (κ2) is 7.06. The van der Waals surface area contributed by atoms with Crippen molar-refractivity contribution in [3.63, 3.8) is 0 Å². The van der Waals surface area contributed by atoms with Crippen LogP contribution in [0.3, 0.4) is 0 Å². The first-order valence-electron chi connectivity index (χ1n) is 6.92. The van der Waals surface area contributed by atoms with Crippen LogP contribution in [0.5, 0.6) is 0 Å². The molecule has 20 heavy (non-hydrogen) atoms. The van der Waals surface area contributed by atoms with Gasteiger partial charge in [-0.1, -0.05) is 18.2 Å². The lowest BCUT2D eigenvalue weighted by molar-refractivity contribution is -0.132. The fourth-order valence-electron chi connectivity index (χ4n) is 1.94. The summed E-state index contributed by atoms with van der Waals surface area (Å²) in [7, 11) is 0. The summed E-state index contributed by atoms with van der Waals surface area (Å²) in [4.78, 5) is 14.0. The molecule has 0 aromatic heterocycles. The number of carbonyl (C=O) groups excluding carboxylic acids is 1. The number of carbonyl (C=O) groups is 1. The van der Waals surface area contributed by atoms with E-state index in [0.29, 0.717) is 31.5 Å². The van der Waals surface area contributed by atoms with Crippen molar-refractivity contribution in [3.8, 4) is 6.07 Å². The number of amides is 1. The Morgan fingerprint density at radius 2 is 2.05 bits per heavy atom. The summed E-state index contributed by atoms with van der Waals surface area (Å²) in [5.74, 6) is 0.0822. The Morgan fingerprint density at radius 1 is 1.40 bits per heavy atom. The molecule has 0 aliphatic rings. The molecule has 1 aromatic carbocycles. The van der Waals surface area contributed by atoms with Gasteiger partial charge in [0.15, 0.2) is 0 Å². The van der Waals surface area contributed by atoms with E-state index < -0.39 is 0 Å². The number of nitrogens with two attached hydrogens (primary N) is 1. The van der Waals surface area contributed by atoms with Crippen LogP contribution in [0.2, 0.25) is 0 Å². The largest absolute Gasteiger partial charge is 0.339 e. The molecular weight excluding hydrogens is 250 g/mol. The zero-order chi connectivity index (χ0) is 15.2. The Hall–Kier alpha value is -1.86. The first kappa shape index (κ1) is 16.2. The third-order valence-corrected chi connectivity index (χ3v) is 3.22. The van der Waals surface area contributed by atoms with E-state index in [1.165, 1.54) is 0 Å². The third-order valence-electron chi connectivity index (χ3n) is 3.22. The van der Waals surface area contributed by atoms with E-state index in [1.54, 1.807) is 11.0 Å². The van der Waals surface area contributed by atoms with E-state index in [9.17, 15) is 4.79 Å². The maximum absolute atomic E-state index is 12.2. The minimum atomic E-state index is -0.334. The van der Waals surface area contributed by atoms with Gasteiger partial charge in [0.05, 0.1) is 11.6 Å².